The zero-order valence-electron chi connectivity index (χ0n) is 10.6. The van der Waals surface area contributed by atoms with Gasteiger partial charge in [-0.05, 0) is 18.6 Å². The van der Waals surface area contributed by atoms with Crippen molar-refractivity contribution in [2.24, 2.45) is 0 Å². The number of aliphatic carboxylic acids is 1. The molecular formula is C10H10N2O7S2. The lowest BCUT2D eigenvalue weighted by Crippen LogP contribution is -2.38. The molecule has 2 atom stereocenters. The number of fused-ring (bicyclic) bond motifs is 4. The summed E-state index contributed by atoms with van der Waals surface area (Å²) >= 11 is 1.23. The fourth-order valence-corrected chi connectivity index (χ4v) is 4.19. The number of carbonyl (C=O) groups excluding carboxylic acids is 1. The van der Waals surface area contributed by atoms with E-state index in [2.05, 4.69) is 4.28 Å². The van der Waals surface area contributed by atoms with Gasteiger partial charge in [-0.15, -0.1) is 15.6 Å². The van der Waals surface area contributed by atoms with Gasteiger partial charge in [0.15, 0.2) is 6.04 Å². The summed E-state index contributed by atoms with van der Waals surface area (Å²) in [6.45, 7) is 1.76. The molecule has 1 fully saturated rings. The summed E-state index contributed by atoms with van der Waals surface area (Å²) in [5.41, 5.74) is 0.524. The summed E-state index contributed by atoms with van der Waals surface area (Å²) in [6, 6.07) is -1.17. The molecular weight excluding hydrogens is 324 g/mol. The van der Waals surface area contributed by atoms with E-state index in [-0.39, 0.29) is 6.54 Å². The van der Waals surface area contributed by atoms with Gasteiger partial charge in [0.05, 0.1) is 6.54 Å². The van der Waals surface area contributed by atoms with Crippen molar-refractivity contribution in [1.82, 2.24) is 9.96 Å². The SMILES string of the molecule is Cc1cc2c(s1)[C@@H](C(=O)O)N1C[C@@H]2N(OS(=O)(=O)O)C1=O. The van der Waals surface area contributed by atoms with Gasteiger partial charge in [0.1, 0.15) is 6.04 Å². The highest BCUT2D eigenvalue weighted by atomic mass is 32.3. The van der Waals surface area contributed by atoms with Gasteiger partial charge in [-0.1, -0.05) is 0 Å². The number of carboxylic acids is 1. The Labute approximate surface area is 123 Å². The number of nitrogens with zero attached hydrogens (tertiary/aromatic N) is 2. The van der Waals surface area contributed by atoms with Crippen LogP contribution in [0.15, 0.2) is 6.07 Å². The number of thiophene rings is 1. The van der Waals surface area contributed by atoms with Crippen LogP contribution in [-0.4, -0.2) is 46.6 Å². The van der Waals surface area contributed by atoms with Crippen LogP contribution in [0, 0.1) is 6.92 Å². The normalized spacial score (nSPS) is 24.4. The van der Waals surface area contributed by atoms with E-state index in [0.717, 1.165) is 9.78 Å². The predicted octanol–water partition coefficient (Wildman–Crippen LogP) is 0.709. The lowest BCUT2D eigenvalue weighted by Gasteiger charge is -2.27. The van der Waals surface area contributed by atoms with Crippen LogP contribution in [0.1, 0.15) is 27.4 Å². The van der Waals surface area contributed by atoms with Crippen LogP contribution in [-0.2, 0) is 19.5 Å². The standard InChI is InChI=1S/C10H10N2O7S2/c1-4-2-5-6-3-11(7(9(13)14)8(5)20-4)10(15)12(6)19-21(16,17)18/h2,6-7H,3H2,1H3,(H,13,14)(H,16,17,18)/t6-,7-/m0/s1. The first-order chi connectivity index (χ1) is 9.69. The molecule has 2 amide bonds. The Morgan fingerprint density at radius 2 is 2.19 bits per heavy atom. The van der Waals surface area contributed by atoms with E-state index < -0.39 is 34.5 Å². The maximum Gasteiger partial charge on any atom is 0.418 e. The zero-order valence-corrected chi connectivity index (χ0v) is 12.2. The molecule has 0 unspecified atom stereocenters. The molecule has 2 bridgehead atoms. The number of carboxylic acid groups (broad SMARTS) is 1. The smallest absolute Gasteiger partial charge is 0.418 e. The maximum absolute atomic E-state index is 12.1. The first-order valence-corrected chi connectivity index (χ1v) is 7.97. The van der Waals surface area contributed by atoms with Crippen molar-refractivity contribution in [1.29, 1.82) is 0 Å². The lowest BCUT2D eigenvalue weighted by molar-refractivity contribution is -0.142. The highest BCUT2D eigenvalue weighted by Gasteiger charge is 2.53. The summed E-state index contributed by atoms with van der Waals surface area (Å²) in [6.07, 6.45) is 0. The summed E-state index contributed by atoms with van der Waals surface area (Å²) in [7, 11) is -4.88. The molecule has 0 aromatic carbocycles. The molecule has 1 saturated heterocycles. The van der Waals surface area contributed by atoms with E-state index in [0.29, 0.717) is 15.5 Å². The number of hydroxylamine groups is 2. The van der Waals surface area contributed by atoms with Crippen LogP contribution in [0.5, 0.6) is 0 Å². The van der Waals surface area contributed by atoms with Crippen molar-refractivity contribution >= 4 is 33.7 Å². The molecule has 3 rings (SSSR count). The maximum atomic E-state index is 12.1. The van der Waals surface area contributed by atoms with Crippen molar-refractivity contribution in [3.05, 3.63) is 21.4 Å². The molecule has 0 saturated carbocycles. The van der Waals surface area contributed by atoms with Crippen molar-refractivity contribution in [2.45, 2.75) is 19.0 Å². The number of hydrogen-bond donors (Lipinski definition) is 2. The molecule has 2 N–H and O–H groups in total. The fraction of sp³-hybridized carbons (Fsp3) is 0.400. The van der Waals surface area contributed by atoms with E-state index >= 15 is 0 Å². The molecule has 3 heterocycles. The highest BCUT2D eigenvalue weighted by Crippen LogP contribution is 2.47. The minimum atomic E-state index is -4.88. The van der Waals surface area contributed by atoms with Gasteiger partial charge in [0.2, 0.25) is 0 Å². The molecule has 0 aliphatic carbocycles. The summed E-state index contributed by atoms with van der Waals surface area (Å²) in [5.74, 6) is -1.21. The third-order valence-corrected chi connectivity index (χ3v) is 4.80. The molecule has 0 radical (unpaired) electrons. The second-order valence-corrected chi connectivity index (χ2v) is 6.99. The molecule has 1 aromatic heterocycles. The number of aryl methyl sites for hydroxylation is 1. The third kappa shape index (κ3) is 2.18. The predicted molar refractivity (Wildman–Crippen MR) is 68.7 cm³/mol. The monoisotopic (exact) mass is 334 g/mol. The largest absolute Gasteiger partial charge is 0.479 e. The lowest BCUT2D eigenvalue weighted by atomic mass is 9.99. The van der Waals surface area contributed by atoms with E-state index in [1.165, 1.54) is 11.3 Å². The number of carbonyl (C=O) groups is 2. The Hall–Kier alpha value is -1.69. The minimum Gasteiger partial charge on any atom is -0.479 e. The average molecular weight is 334 g/mol. The Balaban J connectivity index is 2.11. The fourth-order valence-electron chi connectivity index (χ4n) is 2.64. The second-order valence-electron chi connectivity index (χ2n) is 4.70. The van der Waals surface area contributed by atoms with E-state index in [1.807, 2.05) is 0 Å². The number of hydrogen-bond acceptors (Lipinski definition) is 6. The van der Waals surface area contributed by atoms with Crippen molar-refractivity contribution in [3.63, 3.8) is 0 Å². The Kier molecular flexibility index (Phi) is 2.99. The Morgan fingerprint density at radius 1 is 1.52 bits per heavy atom. The molecule has 2 aliphatic rings. The van der Waals surface area contributed by atoms with E-state index in [9.17, 15) is 23.1 Å². The first-order valence-electron chi connectivity index (χ1n) is 5.79. The van der Waals surface area contributed by atoms with Gasteiger partial charge in [-0.25, -0.2) is 9.59 Å². The van der Waals surface area contributed by atoms with Crippen LogP contribution in [0.4, 0.5) is 4.79 Å². The van der Waals surface area contributed by atoms with Crippen molar-refractivity contribution in [3.8, 4) is 0 Å². The van der Waals surface area contributed by atoms with Crippen molar-refractivity contribution in [2.75, 3.05) is 6.54 Å². The van der Waals surface area contributed by atoms with Crippen LogP contribution in [0.2, 0.25) is 0 Å². The summed E-state index contributed by atoms with van der Waals surface area (Å²) in [5, 5.41) is 9.84. The molecule has 21 heavy (non-hydrogen) atoms. The molecule has 1 aromatic rings. The van der Waals surface area contributed by atoms with Gasteiger partial charge in [0, 0.05) is 9.75 Å². The van der Waals surface area contributed by atoms with Crippen LogP contribution < -0.4 is 0 Å². The Bertz CT molecular complexity index is 741. The van der Waals surface area contributed by atoms with Crippen LogP contribution in [0.3, 0.4) is 0 Å². The Morgan fingerprint density at radius 3 is 2.76 bits per heavy atom. The number of amides is 2. The average Bonchev–Trinajstić information content (AvgIpc) is 2.82. The van der Waals surface area contributed by atoms with Gasteiger partial charge in [-0.3, -0.25) is 4.55 Å². The van der Waals surface area contributed by atoms with Crippen LogP contribution >= 0.6 is 11.3 Å². The summed E-state index contributed by atoms with van der Waals surface area (Å²) < 4.78 is 34.8. The van der Waals surface area contributed by atoms with E-state index in [4.69, 9.17) is 4.55 Å². The minimum absolute atomic E-state index is 0.0194. The van der Waals surface area contributed by atoms with Gasteiger partial charge >= 0.3 is 22.4 Å². The number of rotatable bonds is 3. The molecule has 11 heteroatoms. The quantitative estimate of drug-likeness (QED) is 0.780. The summed E-state index contributed by atoms with van der Waals surface area (Å²) in [4.78, 5) is 25.9. The molecule has 0 spiro atoms. The third-order valence-electron chi connectivity index (χ3n) is 3.33. The molecule has 114 valence electrons. The first kappa shape index (κ1) is 14.3. The number of urea groups is 1. The topological polar surface area (TPSA) is 124 Å². The van der Waals surface area contributed by atoms with Gasteiger partial charge < -0.3 is 10.0 Å². The van der Waals surface area contributed by atoms with Crippen molar-refractivity contribution < 1.29 is 31.9 Å². The molecule has 9 nitrogen and oxygen atoms in total. The van der Waals surface area contributed by atoms with Crippen LogP contribution in [0.25, 0.3) is 0 Å². The van der Waals surface area contributed by atoms with E-state index in [1.54, 1.807) is 13.0 Å². The van der Waals surface area contributed by atoms with Gasteiger partial charge in [0.25, 0.3) is 0 Å². The molecule has 2 aliphatic heterocycles. The highest BCUT2D eigenvalue weighted by molar-refractivity contribution is 7.80. The second kappa shape index (κ2) is 4.40. The zero-order chi connectivity index (χ0) is 15.5. The van der Waals surface area contributed by atoms with Gasteiger partial charge in [-0.2, -0.15) is 13.5 Å².